The Kier molecular flexibility index (Phi) is 3.43. The van der Waals surface area contributed by atoms with Crippen LogP contribution in [-0.4, -0.2) is 0 Å². The van der Waals surface area contributed by atoms with Gasteiger partial charge in [-0.1, -0.05) is 47.5 Å². The SMILES string of the molecule is CC(C)CCC1CC(C)C(C)(C)C1. The molecule has 0 heterocycles. The van der Waals surface area contributed by atoms with Gasteiger partial charge in [0.2, 0.25) is 0 Å². The van der Waals surface area contributed by atoms with Crippen LogP contribution < -0.4 is 0 Å². The van der Waals surface area contributed by atoms with Crippen molar-refractivity contribution in [3.05, 3.63) is 0 Å². The summed E-state index contributed by atoms with van der Waals surface area (Å²) in [6.07, 6.45) is 5.82. The summed E-state index contributed by atoms with van der Waals surface area (Å²) >= 11 is 0. The normalized spacial score (nSPS) is 32.8. The minimum Gasteiger partial charge on any atom is -0.0628 e. The lowest BCUT2D eigenvalue weighted by atomic mass is 9.83. The maximum atomic E-state index is 2.44. The third-order valence-corrected chi connectivity index (χ3v) is 3.99. The molecule has 0 aromatic heterocycles. The molecule has 0 radical (unpaired) electrons. The lowest BCUT2D eigenvalue weighted by molar-refractivity contribution is 0.276. The van der Waals surface area contributed by atoms with Crippen molar-refractivity contribution in [2.45, 2.75) is 60.3 Å². The highest BCUT2D eigenvalue weighted by molar-refractivity contribution is 4.87. The Morgan fingerprint density at radius 1 is 1.31 bits per heavy atom. The minimum atomic E-state index is 0.613. The Morgan fingerprint density at radius 3 is 2.31 bits per heavy atom. The van der Waals surface area contributed by atoms with E-state index in [1.54, 1.807) is 0 Å². The smallest absolute Gasteiger partial charge is 0.0326 e. The number of rotatable bonds is 3. The third kappa shape index (κ3) is 3.00. The second kappa shape index (κ2) is 4.02. The zero-order chi connectivity index (χ0) is 10.1. The molecule has 1 aliphatic rings. The Bertz CT molecular complexity index is 155. The Labute approximate surface area is 84.1 Å². The third-order valence-electron chi connectivity index (χ3n) is 3.99. The number of hydrogen-bond donors (Lipinski definition) is 0. The molecule has 78 valence electrons. The predicted octanol–water partition coefficient (Wildman–Crippen LogP) is 4.49. The molecule has 0 spiro atoms. The second-order valence-electron chi connectivity index (χ2n) is 6.17. The lowest BCUT2D eigenvalue weighted by Gasteiger charge is -2.22. The molecule has 0 aliphatic heterocycles. The molecule has 0 aromatic rings. The van der Waals surface area contributed by atoms with Gasteiger partial charge in [-0.2, -0.15) is 0 Å². The van der Waals surface area contributed by atoms with E-state index in [9.17, 15) is 0 Å². The van der Waals surface area contributed by atoms with Crippen molar-refractivity contribution in [3.8, 4) is 0 Å². The van der Waals surface area contributed by atoms with Gasteiger partial charge in [0.1, 0.15) is 0 Å². The van der Waals surface area contributed by atoms with E-state index in [0.717, 1.165) is 17.8 Å². The Balaban J connectivity index is 2.32. The molecule has 0 N–H and O–H groups in total. The van der Waals surface area contributed by atoms with Gasteiger partial charge in [-0.15, -0.1) is 0 Å². The van der Waals surface area contributed by atoms with Crippen molar-refractivity contribution in [1.82, 2.24) is 0 Å². The Hall–Kier alpha value is 0. The van der Waals surface area contributed by atoms with Gasteiger partial charge in [-0.25, -0.2) is 0 Å². The monoisotopic (exact) mass is 182 g/mol. The summed E-state index contributed by atoms with van der Waals surface area (Å²) in [6, 6.07) is 0. The molecule has 1 aliphatic carbocycles. The fraction of sp³-hybridized carbons (Fsp3) is 1.00. The first kappa shape index (κ1) is 11.1. The summed E-state index contributed by atoms with van der Waals surface area (Å²) in [5.41, 5.74) is 0.613. The van der Waals surface area contributed by atoms with Crippen molar-refractivity contribution < 1.29 is 0 Å². The molecule has 1 rings (SSSR count). The zero-order valence-electron chi connectivity index (χ0n) is 10.1. The molecule has 0 aromatic carbocycles. The van der Waals surface area contributed by atoms with Crippen LogP contribution in [0.25, 0.3) is 0 Å². The van der Waals surface area contributed by atoms with Gasteiger partial charge in [-0.3, -0.25) is 0 Å². The van der Waals surface area contributed by atoms with Crippen LogP contribution in [0, 0.1) is 23.2 Å². The van der Waals surface area contributed by atoms with Gasteiger partial charge in [-0.05, 0) is 36.0 Å². The first-order chi connectivity index (χ1) is 5.92. The van der Waals surface area contributed by atoms with Gasteiger partial charge in [0.05, 0.1) is 0 Å². The van der Waals surface area contributed by atoms with Crippen molar-refractivity contribution in [3.63, 3.8) is 0 Å². The molecule has 1 saturated carbocycles. The van der Waals surface area contributed by atoms with Crippen molar-refractivity contribution in [2.24, 2.45) is 23.2 Å². The van der Waals surface area contributed by atoms with E-state index in [1.165, 1.54) is 25.7 Å². The van der Waals surface area contributed by atoms with Crippen LogP contribution in [0.1, 0.15) is 60.3 Å². The summed E-state index contributed by atoms with van der Waals surface area (Å²) in [7, 11) is 0. The van der Waals surface area contributed by atoms with Crippen LogP contribution in [0.15, 0.2) is 0 Å². The molecular formula is C13H26. The zero-order valence-corrected chi connectivity index (χ0v) is 10.1. The van der Waals surface area contributed by atoms with Gasteiger partial charge < -0.3 is 0 Å². The van der Waals surface area contributed by atoms with E-state index in [4.69, 9.17) is 0 Å². The fourth-order valence-corrected chi connectivity index (χ4v) is 2.64. The standard InChI is InChI=1S/C13H26/c1-10(2)6-7-12-8-11(3)13(4,5)9-12/h10-12H,6-9H2,1-5H3. The first-order valence-electron chi connectivity index (χ1n) is 5.92. The quantitative estimate of drug-likeness (QED) is 0.603. The molecule has 0 heteroatoms. The summed E-state index contributed by atoms with van der Waals surface area (Å²) in [5, 5.41) is 0. The minimum absolute atomic E-state index is 0.613. The molecule has 0 bridgehead atoms. The maximum Gasteiger partial charge on any atom is -0.0326 e. The van der Waals surface area contributed by atoms with E-state index in [1.807, 2.05) is 0 Å². The van der Waals surface area contributed by atoms with Crippen LogP contribution in [0.5, 0.6) is 0 Å². The van der Waals surface area contributed by atoms with Crippen LogP contribution in [0.3, 0.4) is 0 Å². The van der Waals surface area contributed by atoms with E-state index < -0.39 is 0 Å². The first-order valence-corrected chi connectivity index (χ1v) is 5.92. The second-order valence-corrected chi connectivity index (χ2v) is 6.17. The van der Waals surface area contributed by atoms with Gasteiger partial charge in [0, 0.05) is 0 Å². The average molecular weight is 182 g/mol. The predicted molar refractivity (Wildman–Crippen MR) is 59.7 cm³/mol. The van der Waals surface area contributed by atoms with E-state index in [0.29, 0.717) is 5.41 Å². The van der Waals surface area contributed by atoms with Crippen molar-refractivity contribution in [2.75, 3.05) is 0 Å². The molecule has 0 amide bonds. The highest BCUT2D eigenvalue weighted by Crippen LogP contribution is 2.47. The molecule has 2 atom stereocenters. The van der Waals surface area contributed by atoms with Crippen LogP contribution in [-0.2, 0) is 0 Å². The van der Waals surface area contributed by atoms with E-state index in [2.05, 4.69) is 34.6 Å². The van der Waals surface area contributed by atoms with Crippen molar-refractivity contribution in [1.29, 1.82) is 0 Å². The summed E-state index contributed by atoms with van der Waals surface area (Å²) in [6.45, 7) is 12.0. The average Bonchev–Trinajstić information content (AvgIpc) is 2.22. The highest BCUT2D eigenvalue weighted by atomic mass is 14.4. The summed E-state index contributed by atoms with van der Waals surface area (Å²) in [4.78, 5) is 0. The summed E-state index contributed by atoms with van der Waals surface area (Å²) < 4.78 is 0. The van der Waals surface area contributed by atoms with Crippen LogP contribution in [0.4, 0.5) is 0 Å². The van der Waals surface area contributed by atoms with Crippen molar-refractivity contribution >= 4 is 0 Å². The van der Waals surface area contributed by atoms with Gasteiger partial charge in [0.15, 0.2) is 0 Å². The topological polar surface area (TPSA) is 0 Å². The van der Waals surface area contributed by atoms with Crippen LogP contribution in [0.2, 0.25) is 0 Å². The lowest BCUT2D eigenvalue weighted by Crippen LogP contribution is -2.13. The fourth-order valence-electron chi connectivity index (χ4n) is 2.64. The Morgan fingerprint density at radius 2 is 1.92 bits per heavy atom. The highest BCUT2D eigenvalue weighted by Gasteiger charge is 2.36. The van der Waals surface area contributed by atoms with Gasteiger partial charge >= 0.3 is 0 Å². The van der Waals surface area contributed by atoms with E-state index in [-0.39, 0.29) is 0 Å². The molecule has 2 unspecified atom stereocenters. The van der Waals surface area contributed by atoms with E-state index >= 15 is 0 Å². The maximum absolute atomic E-state index is 2.44. The van der Waals surface area contributed by atoms with Gasteiger partial charge in [0.25, 0.3) is 0 Å². The largest absolute Gasteiger partial charge is 0.0628 e. The molecule has 0 nitrogen and oxygen atoms in total. The van der Waals surface area contributed by atoms with Crippen LogP contribution >= 0.6 is 0 Å². The number of hydrogen-bond acceptors (Lipinski definition) is 0. The molecule has 1 fully saturated rings. The molecular weight excluding hydrogens is 156 g/mol. The summed E-state index contributed by atoms with van der Waals surface area (Å²) in [5.74, 6) is 2.84. The molecule has 13 heavy (non-hydrogen) atoms. The molecule has 0 saturated heterocycles.